The molecule has 1 amide bonds. The minimum absolute atomic E-state index is 0.216. The zero-order valence-corrected chi connectivity index (χ0v) is 12.1. The minimum Gasteiger partial charge on any atom is -0.487 e. The summed E-state index contributed by atoms with van der Waals surface area (Å²) in [5.74, 6) is 0.266. The predicted molar refractivity (Wildman–Crippen MR) is 75.2 cm³/mol. The van der Waals surface area contributed by atoms with Crippen LogP contribution in [0, 0.1) is 5.92 Å². The lowest BCUT2D eigenvalue weighted by Gasteiger charge is -2.17. The lowest BCUT2D eigenvalue weighted by molar-refractivity contribution is 0.108. The van der Waals surface area contributed by atoms with Gasteiger partial charge in [0.05, 0.1) is 7.11 Å². The molecule has 110 valence electrons. The van der Waals surface area contributed by atoms with Crippen molar-refractivity contribution in [1.29, 1.82) is 0 Å². The van der Waals surface area contributed by atoms with Gasteiger partial charge in [0.2, 0.25) is 0 Å². The Balaban J connectivity index is 2.03. The fourth-order valence-corrected chi connectivity index (χ4v) is 2.52. The summed E-state index contributed by atoms with van der Waals surface area (Å²) in [5.41, 5.74) is 0.526. The number of carbonyl (C=O) groups excluding carboxylic acids is 1. The molecule has 1 aliphatic carbocycles. The van der Waals surface area contributed by atoms with Crippen LogP contribution in [0.25, 0.3) is 0 Å². The number of methoxy groups -OCH3 is 1. The molecule has 6 heteroatoms. The van der Waals surface area contributed by atoms with Crippen LogP contribution in [0.1, 0.15) is 13.3 Å². The molecule has 1 fully saturated rings. The molecule has 0 saturated heterocycles. The van der Waals surface area contributed by atoms with Crippen molar-refractivity contribution in [1.82, 2.24) is 0 Å². The smallest absolute Gasteiger partial charge is 0.411 e. The van der Waals surface area contributed by atoms with Gasteiger partial charge in [0.1, 0.15) is 18.0 Å². The Morgan fingerprint density at radius 1 is 1.50 bits per heavy atom. The molecule has 1 aliphatic rings. The average molecular weight is 302 g/mol. The van der Waals surface area contributed by atoms with E-state index in [4.69, 9.17) is 16.3 Å². The summed E-state index contributed by atoms with van der Waals surface area (Å²) in [7, 11) is 1.28. The molecule has 0 aliphatic heterocycles. The highest BCUT2D eigenvalue weighted by atomic mass is 35.5. The Morgan fingerprint density at radius 2 is 2.25 bits per heavy atom. The lowest BCUT2D eigenvalue weighted by Crippen LogP contribution is -2.25. The summed E-state index contributed by atoms with van der Waals surface area (Å²) in [6.07, 6.45) is -1.74. The quantitative estimate of drug-likeness (QED) is 0.868. The first-order chi connectivity index (χ1) is 9.51. The largest absolute Gasteiger partial charge is 0.487 e. The number of halogens is 2. The summed E-state index contributed by atoms with van der Waals surface area (Å²) in [6, 6.07) is 6.74. The second-order valence-corrected chi connectivity index (χ2v) is 5.42. The minimum atomic E-state index is -1.09. The number of alkyl halides is 2. The molecule has 1 aromatic rings. The normalized spacial score (nSPS) is 29.0. The fourth-order valence-electron chi connectivity index (χ4n) is 2.21. The van der Waals surface area contributed by atoms with Crippen molar-refractivity contribution in [3.05, 3.63) is 24.3 Å². The summed E-state index contributed by atoms with van der Waals surface area (Å²) < 4.78 is 24.1. The van der Waals surface area contributed by atoms with E-state index >= 15 is 0 Å². The molecule has 4 unspecified atom stereocenters. The van der Waals surface area contributed by atoms with Crippen LogP contribution in [0.2, 0.25) is 0 Å². The van der Waals surface area contributed by atoms with Gasteiger partial charge in [-0.3, -0.25) is 5.32 Å². The number of hydrogen-bond acceptors (Lipinski definition) is 3. The molecular weight excluding hydrogens is 285 g/mol. The van der Waals surface area contributed by atoms with Crippen molar-refractivity contribution >= 4 is 23.4 Å². The fraction of sp³-hybridized carbons (Fsp3) is 0.500. The molecule has 1 aromatic carbocycles. The number of amides is 1. The van der Waals surface area contributed by atoms with E-state index in [1.165, 1.54) is 7.11 Å². The Kier molecular flexibility index (Phi) is 4.70. The number of benzene rings is 1. The van der Waals surface area contributed by atoms with E-state index in [0.717, 1.165) is 0 Å². The standard InChI is InChI=1S/C14H17ClFNO3/c1-8-11(15)7-12(13(8)16)20-10-5-3-4-9(6-10)17-14(18)19-2/h3-6,8,11-13H,7H2,1-2H3,(H,17,18). The van der Waals surface area contributed by atoms with E-state index in [1.807, 2.05) is 0 Å². The molecule has 4 nitrogen and oxygen atoms in total. The first-order valence-corrected chi connectivity index (χ1v) is 6.84. The summed E-state index contributed by atoms with van der Waals surface area (Å²) >= 11 is 6.04. The molecule has 20 heavy (non-hydrogen) atoms. The highest BCUT2D eigenvalue weighted by Crippen LogP contribution is 2.35. The first kappa shape index (κ1) is 14.9. The van der Waals surface area contributed by atoms with Crippen LogP contribution in [0.3, 0.4) is 0 Å². The van der Waals surface area contributed by atoms with E-state index in [2.05, 4.69) is 10.1 Å². The van der Waals surface area contributed by atoms with E-state index in [1.54, 1.807) is 31.2 Å². The van der Waals surface area contributed by atoms with Crippen molar-refractivity contribution in [2.45, 2.75) is 31.0 Å². The number of anilines is 1. The van der Waals surface area contributed by atoms with Crippen molar-refractivity contribution < 1.29 is 18.7 Å². The third-order valence-electron chi connectivity index (χ3n) is 3.44. The van der Waals surface area contributed by atoms with Gasteiger partial charge in [-0.25, -0.2) is 9.18 Å². The van der Waals surface area contributed by atoms with Crippen LogP contribution in [-0.4, -0.2) is 30.9 Å². The van der Waals surface area contributed by atoms with Gasteiger partial charge >= 0.3 is 6.09 Å². The van der Waals surface area contributed by atoms with Crippen molar-refractivity contribution in [3.8, 4) is 5.75 Å². The van der Waals surface area contributed by atoms with E-state index in [9.17, 15) is 9.18 Å². The van der Waals surface area contributed by atoms with Crippen molar-refractivity contribution in [2.75, 3.05) is 12.4 Å². The second-order valence-electron chi connectivity index (χ2n) is 4.86. The third kappa shape index (κ3) is 3.33. The number of rotatable bonds is 3. The van der Waals surface area contributed by atoms with Crippen LogP contribution in [0.15, 0.2) is 24.3 Å². The van der Waals surface area contributed by atoms with E-state index in [-0.39, 0.29) is 11.3 Å². The first-order valence-electron chi connectivity index (χ1n) is 6.41. The van der Waals surface area contributed by atoms with Gasteiger partial charge in [-0.05, 0) is 12.1 Å². The molecule has 4 atom stereocenters. The zero-order chi connectivity index (χ0) is 14.7. The molecule has 1 N–H and O–H groups in total. The Bertz CT molecular complexity index is 485. The van der Waals surface area contributed by atoms with Gasteiger partial charge in [0, 0.05) is 29.5 Å². The molecular formula is C14H17ClFNO3. The molecule has 0 radical (unpaired) electrons. The lowest BCUT2D eigenvalue weighted by atomic mass is 10.1. The summed E-state index contributed by atoms with van der Waals surface area (Å²) in [4.78, 5) is 11.1. The van der Waals surface area contributed by atoms with Gasteiger partial charge in [-0.2, -0.15) is 0 Å². The van der Waals surface area contributed by atoms with Gasteiger partial charge in [0.15, 0.2) is 0 Å². The van der Waals surface area contributed by atoms with Crippen LogP contribution in [-0.2, 0) is 4.74 Å². The molecule has 1 saturated carbocycles. The van der Waals surface area contributed by atoms with E-state index < -0.39 is 18.4 Å². The van der Waals surface area contributed by atoms with Crippen LogP contribution in [0.4, 0.5) is 14.9 Å². The summed E-state index contributed by atoms with van der Waals surface area (Å²) in [6.45, 7) is 1.78. The SMILES string of the molecule is COC(=O)Nc1cccc(OC2CC(Cl)C(C)C2F)c1. The van der Waals surface area contributed by atoms with Crippen molar-refractivity contribution in [2.24, 2.45) is 5.92 Å². The Hall–Kier alpha value is -1.49. The zero-order valence-electron chi connectivity index (χ0n) is 11.3. The highest BCUT2D eigenvalue weighted by molar-refractivity contribution is 6.21. The number of carbonyl (C=O) groups is 1. The third-order valence-corrected chi connectivity index (χ3v) is 4.01. The number of ether oxygens (including phenoxy) is 2. The maximum atomic E-state index is 14.0. The van der Waals surface area contributed by atoms with Crippen LogP contribution < -0.4 is 10.1 Å². The summed E-state index contributed by atoms with van der Waals surface area (Å²) in [5, 5.41) is 2.31. The van der Waals surface area contributed by atoms with Gasteiger partial charge in [0.25, 0.3) is 0 Å². The topological polar surface area (TPSA) is 47.6 Å². The number of hydrogen-bond donors (Lipinski definition) is 1. The maximum absolute atomic E-state index is 14.0. The molecule has 0 aromatic heterocycles. The molecule has 0 bridgehead atoms. The Morgan fingerprint density at radius 3 is 2.85 bits per heavy atom. The second kappa shape index (κ2) is 6.31. The molecule has 0 spiro atoms. The Labute approximate surface area is 122 Å². The monoisotopic (exact) mass is 301 g/mol. The molecule has 0 heterocycles. The van der Waals surface area contributed by atoms with Crippen LogP contribution in [0.5, 0.6) is 5.75 Å². The highest BCUT2D eigenvalue weighted by Gasteiger charge is 2.41. The predicted octanol–water partition coefficient (Wildman–Crippen LogP) is 3.60. The average Bonchev–Trinajstić information content (AvgIpc) is 2.66. The van der Waals surface area contributed by atoms with Crippen LogP contribution >= 0.6 is 11.6 Å². The van der Waals surface area contributed by atoms with Gasteiger partial charge in [-0.1, -0.05) is 13.0 Å². The van der Waals surface area contributed by atoms with Gasteiger partial charge in [-0.15, -0.1) is 11.6 Å². The molecule has 2 rings (SSSR count). The van der Waals surface area contributed by atoms with Crippen molar-refractivity contribution in [3.63, 3.8) is 0 Å². The van der Waals surface area contributed by atoms with E-state index in [0.29, 0.717) is 17.9 Å². The number of nitrogens with one attached hydrogen (secondary N) is 1. The van der Waals surface area contributed by atoms with Gasteiger partial charge < -0.3 is 9.47 Å². The maximum Gasteiger partial charge on any atom is 0.411 e.